The molecule has 224 valence electrons. The lowest BCUT2D eigenvalue weighted by atomic mass is 9.70. The zero-order valence-electron chi connectivity index (χ0n) is 25.7. The number of nitrogens with zero attached hydrogens (tertiary/aromatic N) is 4. The lowest BCUT2D eigenvalue weighted by molar-refractivity contribution is 0.0115. The van der Waals surface area contributed by atoms with Crippen LogP contribution in [-0.4, -0.2) is 92.2 Å². The second-order valence-corrected chi connectivity index (χ2v) is 12.6. The summed E-state index contributed by atoms with van der Waals surface area (Å²) in [5, 5.41) is 9.50. The van der Waals surface area contributed by atoms with Crippen molar-refractivity contribution >= 4 is 17.5 Å². The predicted molar refractivity (Wildman–Crippen MR) is 166 cm³/mol. The largest absolute Gasteiger partial charge is 0.490 e. The fraction of sp³-hybridized carbons (Fsp3) is 0.588. The number of ketones is 1. The standard InChI is InChI=1S/C34H45N5O3/c1-5-37(6-2)13-18-42-30-20-26-27(21-29(30)39-11-9-24(10-12-39)38-14-16-41-17-15-38)34(3,4)33-31(32(26)40)25-8-7-23(22-35)19-28(25)36-33/h19-21,24,36H,5-18H2,1-4H3. The van der Waals surface area contributed by atoms with Gasteiger partial charge in [-0.2, -0.15) is 5.26 Å². The van der Waals surface area contributed by atoms with E-state index in [1.807, 2.05) is 12.1 Å². The number of H-pyrrole nitrogens is 1. The third-order valence-corrected chi connectivity index (χ3v) is 10.0. The first-order valence-corrected chi connectivity index (χ1v) is 15.9. The van der Waals surface area contributed by atoms with E-state index in [0.29, 0.717) is 25.5 Å². The van der Waals surface area contributed by atoms with Gasteiger partial charge in [0.05, 0.1) is 25.0 Å². The van der Waals surface area contributed by atoms with E-state index in [-0.39, 0.29) is 5.78 Å². The van der Waals surface area contributed by atoms with Crippen LogP contribution < -0.4 is 9.64 Å². The minimum atomic E-state index is -0.392. The Morgan fingerprint density at radius 1 is 1.12 bits per heavy atom. The van der Waals surface area contributed by atoms with E-state index in [2.05, 4.69) is 59.5 Å². The molecule has 0 spiro atoms. The van der Waals surface area contributed by atoms with Crippen molar-refractivity contribution in [3.8, 4) is 11.8 Å². The average Bonchev–Trinajstić information content (AvgIpc) is 3.42. The first kappa shape index (κ1) is 29.0. The molecule has 2 aromatic rings. The van der Waals surface area contributed by atoms with Crippen molar-refractivity contribution in [3.05, 3.63) is 51.3 Å². The van der Waals surface area contributed by atoms with E-state index < -0.39 is 5.41 Å². The molecule has 8 nitrogen and oxygen atoms in total. The summed E-state index contributed by atoms with van der Waals surface area (Å²) in [6.45, 7) is 17.8. The van der Waals surface area contributed by atoms with Crippen molar-refractivity contribution in [2.24, 2.45) is 0 Å². The predicted octanol–water partition coefficient (Wildman–Crippen LogP) is 4.76. The molecular formula is C34H45N5O3. The van der Waals surface area contributed by atoms with Gasteiger partial charge in [0.1, 0.15) is 12.4 Å². The Kier molecular flexibility index (Phi) is 8.19. The monoisotopic (exact) mass is 571 g/mol. The molecule has 6 rings (SSSR count). The topological polar surface area (TPSA) is 84.8 Å². The Morgan fingerprint density at radius 3 is 2.55 bits per heavy atom. The van der Waals surface area contributed by atoms with E-state index in [4.69, 9.17) is 9.47 Å². The van der Waals surface area contributed by atoms with E-state index >= 15 is 0 Å². The summed E-state index contributed by atoms with van der Waals surface area (Å²) in [5.41, 5.74) is 6.98. The lowest BCUT2D eigenvalue weighted by Gasteiger charge is -2.42. The minimum Gasteiger partial charge on any atom is -0.490 e. The van der Waals surface area contributed by atoms with Crippen LogP contribution in [-0.2, 0) is 16.6 Å². The Hall–Kier alpha value is -3.12. The van der Waals surface area contributed by atoms with Gasteiger partial charge < -0.3 is 24.3 Å². The molecule has 3 heterocycles. The summed E-state index contributed by atoms with van der Waals surface area (Å²) in [6, 6.07) is 7.18. The zero-order valence-corrected chi connectivity index (χ0v) is 25.7. The number of ether oxygens (including phenoxy) is 2. The number of carbonyl (C=O) groups excluding carboxylic acids is 1. The van der Waals surface area contributed by atoms with Gasteiger partial charge in [-0.1, -0.05) is 27.7 Å². The molecule has 2 aliphatic heterocycles. The third kappa shape index (κ3) is 5.16. The summed E-state index contributed by atoms with van der Waals surface area (Å²) in [4.78, 5) is 25.2. The number of anilines is 1. The van der Waals surface area contributed by atoms with Crippen LogP contribution in [0.3, 0.4) is 0 Å². The SMILES string of the molecule is CCN(CC)CCOc1cc2c(cc1N1CCC(N3CCOCC3)CC1)C(C)(C)c1[nH]c3c(c1C2=O)CCC(C#N)=C3. The fourth-order valence-electron chi connectivity index (χ4n) is 7.40. The third-order valence-electron chi connectivity index (χ3n) is 10.0. The van der Waals surface area contributed by atoms with Crippen LogP contribution in [0, 0.1) is 11.3 Å². The molecule has 1 aromatic heterocycles. The molecule has 0 atom stereocenters. The van der Waals surface area contributed by atoms with Crippen LogP contribution in [0.5, 0.6) is 5.75 Å². The Labute approximate surface area is 250 Å². The maximum atomic E-state index is 14.2. The lowest BCUT2D eigenvalue weighted by Crippen LogP contribution is -2.49. The van der Waals surface area contributed by atoms with Crippen molar-refractivity contribution in [3.63, 3.8) is 0 Å². The molecule has 8 heteroatoms. The van der Waals surface area contributed by atoms with Gasteiger partial charge in [0.2, 0.25) is 0 Å². The molecule has 1 aromatic carbocycles. The molecule has 0 unspecified atom stereocenters. The van der Waals surface area contributed by atoms with Gasteiger partial charge in [-0.15, -0.1) is 0 Å². The Balaban J connectivity index is 1.35. The van der Waals surface area contributed by atoms with Crippen molar-refractivity contribution < 1.29 is 14.3 Å². The number of likely N-dealkylation sites (N-methyl/N-ethyl adjacent to an activating group) is 1. The molecule has 0 amide bonds. The van der Waals surface area contributed by atoms with Gasteiger partial charge in [0.15, 0.2) is 5.78 Å². The highest BCUT2D eigenvalue weighted by Crippen LogP contribution is 2.48. The number of benzene rings is 1. The van der Waals surface area contributed by atoms with Gasteiger partial charge >= 0.3 is 0 Å². The highest BCUT2D eigenvalue weighted by molar-refractivity contribution is 6.15. The smallest absolute Gasteiger partial charge is 0.195 e. The van der Waals surface area contributed by atoms with Crippen molar-refractivity contribution in [1.29, 1.82) is 5.26 Å². The van der Waals surface area contributed by atoms with Crippen LogP contribution >= 0.6 is 0 Å². The number of hydrogen-bond acceptors (Lipinski definition) is 7. The molecule has 4 aliphatic rings. The van der Waals surface area contributed by atoms with E-state index in [1.165, 1.54) is 0 Å². The van der Waals surface area contributed by atoms with Crippen LogP contribution in [0.1, 0.15) is 85.4 Å². The molecule has 2 saturated heterocycles. The number of aromatic amines is 1. The highest BCUT2D eigenvalue weighted by Gasteiger charge is 2.42. The first-order chi connectivity index (χ1) is 20.3. The number of nitrogens with one attached hydrogen (secondary N) is 1. The number of hydrogen-bond donors (Lipinski definition) is 1. The summed E-state index contributed by atoms with van der Waals surface area (Å²) in [6.07, 6.45) is 5.53. The van der Waals surface area contributed by atoms with Crippen LogP contribution in [0.25, 0.3) is 6.08 Å². The van der Waals surface area contributed by atoms with E-state index in [9.17, 15) is 10.1 Å². The molecular weight excluding hydrogens is 526 g/mol. The highest BCUT2D eigenvalue weighted by atomic mass is 16.5. The number of piperidine rings is 1. The van der Waals surface area contributed by atoms with Crippen LogP contribution in [0.2, 0.25) is 0 Å². The molecule has 1 N–H and O–H groups in total. The molecule has 0 saturated carbocycles. The number of rotatable bonds is 8. The Bertz CT molecular complexity index is 1400. The van der Waals surface area contributed by atoms with Gasteiger partial charge in [0, 0.05) is 72.3 Å². The summed E-state index contributed by atoms with van der Waals surface area (Å²) >= 11 is 0. The number of carbonyl (C=O) groups is 1. The fourth-order valence-corrected chi connectivity index (χ4v) is 7.40. The summed E-state index contributed by atoms with van der Waals surface area (Å²) < 4.78 is 12.1. The quantitative estimate of drug-likeness (QED) is 0.489. The molecule has 2 fully saturated rings. The van der Waals surface area contributed by atoms with Crippen LogP contribution in [0.15, 0.2) is 17.7 Å². The van der Waals surface area contributed by atoms with Gasteiger partial charge in [-0.05, 0) is 68.1 Å². The van der Waals surface area contributed by atoms with Crippen molar-refractivity contribution in [1.82, 2.24) is 14.8 Å². The molecule has 0 bridgehead atoms. The number of aromatic nitrogens is 1. The average molecular weight is 572 g/mol. The molecule has 42 heavy (non-hydrogen) atoms. The molecule has 0 radical (unpaired) electrons. The second kappa shape index (κ2) is 11.9. The zero-order chi connectivity index (χ0) is 29.4. The number of fused-ring (bicyclic) bond motifs is 4. The number of nitriles is 1. The van der Waals surface area contributed by atoms with Crippen molar-refractivity contribution in [2.75, 3.05) is 70.5 Å². The normalized spacial score (nSPS) is 20.5. The van der Waals surface area contributed by atoms with E-state index in [1.54, 1.807) is 0 Å². The first-order valence-electron chi connectivity index (χ1n) is 15.9. The number of allylic oxidation sites excluding steroid dienone is 1. The molecule has 2 aliphatic carbocycles. The van der Waals surface area contributed by atoms with E-state index in [0.717, 1.165) is 123 Å². The minimum absolute atomic E-state index is 0.0665. The Morgan fingerprint density at radius 2 is 1.86 bits per heavy atom. The van der Waals surface area contributed by atoms with Gasteiger partial charge in [-0.25, -0.2) is 0 Å². The number of morpholine rings is 1. The summed E-state index contributed by atoms with van der Waals surface area (Å²) in [5.74, 6) is 0.881. The van der Waals surface area contributed by atoms with Crippen LogP contribution in [0.4, 0.5) is 5.69 Å². The maximum Gasteiger partial charge on any atom is 0.195 e. The maximum absolute atomic E-state index is 14.2. The van der Waals surface area contributed by atoms with Gasteiger partial charge in [-0.3, -0.25) is 9.69 Å². The van der Waals surface area contributed by atoms with Gasteiger partial charge in [0.25, 0.3) is 0 Å². The second-order valence-electron chi connectivity index (χ2n) is 12.6. The summed E-state index contributed by atoms with van der Waals surface area (Å²) in [7, 11) is 0. The van der Waals surface area contributed by atoms with Crippen molar-refractivity contribution in [2.45, 2.75) is 64.8 Å².